The molecule has 68 valence electrons. The highest BCUT2D eigenvalue weighted by Crippen LogP contribution is 2.10. The Bertz CT molecular complexity index is 152. The van der Waals surface area contributed by atoms with Crippen LogP contribution >= 0.6 is 0 Å². The highest BCUT2D eigenvalue weighted by atomic mass is 15.1. The predicted molar refractivity (Wildman–Crippen MR) is 49.7 cm³/mol. The average Bonchev–Trinajstić information content (AvgIpc) is 2.33. The van der Waals surface area contributed by atoms with E-state index >= 15 is 0 Å². The van der Waals surface area contributed by atoms with Gasteiger partial charge in [0.25, 0.3) is 0 Å². The van der Waals surface area contributed by atoms with Gasteiger partial charge in [-0.05, 0) is 32.9 Å². The van der Waals surface area contributed by atoms with Crippen LogP contribution in [0.5, 0.6) is 0 Å². The molecule has 0 bridgehead atoms. The van der Waals surface area contributed by atoms with E-state index in [4.69, 9.17) is 5.26 Å². The Balaban J connectivity index is 2.25. The summed E-state index contributed by atoms with van der Waals surface area (Å²) in [5, 5.41) is 8.66. The molecule has 0 aromatic rings. The van der Waals surface area contributed by atoms with Crippen LogP contribution in [-0.2, 0) is 0 Å². The number of hydrogen-bond donors (Lipinski definition) is 0. The Morgan fingerprint density at radius 3 is 2.33 bits per heavy atom. The molecular formula is C10H18N2. The summed E-state index contributed by atoms with van der Waals surface area (Å²) in [4.78, 5) is 2.43. The molecule has 0 amide bonds. The molecule has 12 heavy (non-hydrogen) atoms. The first-order valence-corrected chi connectivity index (χ1v) is 4.95. The van der Waals surface area contributed by atoms with Gasteiger partial charge in [0.05, 0.1) is 12.0 Å². The van der Waals surface area contributed by atoms with E-state index in [-0.39, 0.29) is 5.92 Å². The van der Waals surface area contributed by atoms with Gasteiger partial charge in [0.15, 0.2) is 0 Å². The Labute approximate surface area is 75.2 Å². The Morgan fingerprint density at radius 1 is 1.25 bits per heavy atom. The maximum atomic E-state index is 8.66. The summed E-state index contributed by atoms with van der Waals surface area (Å²) < 4.78 is 0. The van der Waals surface area contributed by atoms with E-state index in [2.05, 4.69) is 11.0 Å². The third-order valence-electron chi connectivity index (χ3n) is 2.45. The molecular weight excluding hydrogens is 148 g/mol. The van der Waals surface area contributed by atoms with Gasteiger partial charge in [-0.25, -0.2) is 0 Å². The second-order valence-corrected chi connectivity index (χ2v) is 3.74. The molecule has 0 N–H and O–H groups in total. The molecule has 1 rings (SSSR count). The van der Waals surface area contributed by atoms with Crippen LogP contribution in [0.3, 0.4) is 0 Å². The van der Waals surface area contributed by atoms with E-state index in [1.165, 1.54) is 38.8 Å². The zero-order chi connectivity index (χ0) is 8.81. The van der Waals surface area contributed by atoms with E-state index in [1.54, 1.807) is 0 Å². The molecule has 1 atom stereocenters. The van der Waals surface area contributed by atoms with Crippen molar-refractivity contribution in [3.8, 4) is 6.07 Å². The van der Waals surface area contributed by atoms with Crippen molar-refractivity contribution in [3.63, 3.8) is 0 Å². The van der Waals surface area contributed by atoms with Gasteiger partial charge in [0, 0.05) is 6.54 Å². The maximum Gasteiger partial charge on any atom is 0.0666 e. The number of nitrogens with zero attached hydrogens (tertiary/aromatic N) is 2. The first-order valence-electron chi connectivity index (χ1n) is 4.95. The molecule has 2 heteroatoms. The summed E-state index contributed by atoms with van der Waals surface area (Å²) >= 11 is 0. The summed E-state index contributed by atoms with van der Waals surface area (Å²) in [6.45, 7) is 5.37. The molecule has 1 aliphatic heterocycles. The fourth-order valence-electron chi connectivity index (χ4n) is 1.75. The lowest BCUT2D eigenvalue weighted by molar-refractivity contribution is 0.266. The van der Waals surface area contributed by atoms with Crippen molar-refractivity contribution in [1.82, 2.24) is 4.90 Å². The van der Waals surface area contributed by atoms with E-state index in [0.29, 0.717) is 0 Å². The van der Waals surface area contributed by atoms with Crippen LogP contribution in [0.2, 0.25) is 0 Å². The average molecular weight is 166 g/mol. The molecule has 0 aromatic carbocycles. The third-order valence-corrected chi connectivity index (χ3v) is 2.45. The van der Waals surface area contributed by atoms with Gasteiger partial charge in [0.1, 0.15) is 0 Å². The molecule has 1 heterocycles. The largest absolute Gasteiger partial charge is 0.302 e. The summed E-state index contributed by atoms with van der Waals surface area (Å²) in [6.07, 6.45) is 5.38. The fourth-order valence-corrected chi connectivity index (χ4v) is 1.75. The quantitative estimate of drug-likeness (QED) is 0.627. The van der Waals surface area contributed by atoms with E-state index in [1.807, 2.05) is 6.92 Å². The van der Waals surface area contributed by atoms with Gasteiger partial charge < -0.3 is 4.90 Å². The summed E-state index contributed by atoms with van der Waals surface area (Å²) in [6, 6.07) is 2.29. The lowest BCUT2D eigenvalue weighted by atomic mass is 10.2. The second-order valence-electron chi connectivity index (χ2n) is 3.74. The minimum Gasteiger partial charge on any atom is -0.302 e. The lowest BCUT2D eigenvalue weighted by Crippen LogP contribution is -2.28. The highest BCUT2D eigenvalue weighted by molar-refractivity contribution is 4.81. The topological polar surface area (TPSA) is 27.0 Å². The van der Waals surface area contributed by atoms with E-state index in [0.717, 1.165) is 6.54 Å². The van der Waals surface area contributed by atoms with Crippen molar-refractivity contribution >= 4 is 0 Å². The van der Waals surface area contributed by atoms with Crippen molar-refractivity contribution in [2.45, 2.75) is 32.6 Å². The van der Waals surface area contributed by atoms with Gasteiger partial charge in [-0.15, -0.1) is 0 Å². The molecule has 0 saturated carbocycles. The summed E-state index contributed by atoms with van der Waals surface area (Å²) in [7, 11) is 0. The number of hydrogen-bond acceptors (Lipinski definition) is 2. The number of nitriles is 1. The van der Waals surface area contributed by atoms with Crippen molar-refractivity contribution < 1.29 is 0 Å². The van der Waals surface area contributed by atoms with Crippen molar-refractivity contribution in [2.75, 3.05) is 19.6 Å². The summed E-state index contributed by atoms with van der Waals surface area (Å²) in [5.41, 5.74) is 0. The zero-order valence-corrected chi connectivity index (χ0v) is 7.92. The van der Waals surface area contributed by atoms with Crippen molar-refractivity contribution in [1.29, 1.82) is 5.26 Å². The molecule has 0 aliphatic carbocycles. The Morgan fingerprint density at radius 2 is 1.83 bits per heavy atom. The smallest absolute Gasteiger partial charge is 0.0666 e. The predicted octanol–water partition coefficient (Wildman–Crippen LogP) is 2.02. The minimum atomic E-state index is 0.197. The SMILES string of the molecule is CC(C#N)CN1CCCCCC1. The molecule has 1 saturated heterocycles. The monoisotopic (exact) mass is 166 g/mol. The van der Waals surface area contributed by atoms with Gasteiger partial charge in [-0.3, -0.25) is 0 Å². The van der Waals surface area contributed by atoms with Crippen LogP contribution in [0.4, 0.5) is 0 Å². The minimum absolute atomic E-state index is 0.197. The number of rotatable bonds is 2. The van der Waals surface area contributed by atoms with Crippen LogP contribution in [0.15, 0.2) is 0 Å². The third kappa shape index (κ3) is 3.23. The molecule has 0 radical (unpaired) electrons. The molecule has 2 nitrogen and oxygen atoms in total. The molecule has 0 aromatic heterocycles. The zero-order valence-electron chi connectivity index (χ0n) is 7.92. The molecule has 1 aliphatic rings. The normalized spacial score (nSPS) is 22.7. The van der Waals surface area contributed by atoms with E-state index in [9.17, 15) is 0 Å². The van der Waals surface area contributed by atoms with Crippen molar-refractivity contribution in [3.05, 3.63) is 0 Å². The molecule has 0 spiro atoms. The van der Waals surface area contributed by atoms with Crippen LogP contribution in [0, 0.1) is 17.2 Å². The first kappa shape index (κ1) is 9.54. The van der Waals surface area contributed by atoms with Crippen LogP contribution in [0.25, 0.3) is 0 Å². The van der Waals surface area contributed by atoms with Crippen LogP contribution < -0.4 is 0 Å². The van der Waals surface area contributed by atoms with E-state index < -0.39 is 0 Å². The van der Waals surface area contributed by atoms with Crippen molar-refractivity contribution in [2.24, 2.45) is 5.92 Å². The lowest BCUT2D eigenvalue weighted by Gasteiger charge is -2.20. The Kier molecular flexibility index (Phi) is 4.10. The maximum absolute atomic E-state index is 8.66. The van der Waals surface area contributed by atoms with Crippen LogP contribution in [-0.4, -0.2) is 24.5 Å². The fraction of sp³-hybridized carbons (Fsp3) is 0.900. The summed E-state index contributed by atoms with van der Waals surface area (Å²) in [5.74, 6) is 0.197. The standard InChI is InChI=1S/C10H18N2/c1-10(8-11)9-12-6-4-2-3-5-7-12/h10H,2-7,9H2,1H3. The highest BCUT2D eigenvalue weighted by Gasteiger charge is 2.11. The van der Waals surface area contributed by atoms with Gasteiger partial charge in [-0.2, -0.15) is 5.26 Å². The molecule has 1 fully saturated rings. The van der Waals surface area contributed by atoms with Gasteiger partial charge in [0.2, 0.25) is 0 Å². The molecule has 1 unspecified atom stereocenters. The first-order chi connectivity index (χ1) is 5.83. The Hall–Kier alpha value is -0.550. The second kappa shape index (κ2) is 5.16. The van der Waals surface area contributed by atoms with Gasteiger partial charge in [-0.1, -0.05) is 12.8 Å². The van der Waals surface area contributed by atoms with Gasteiger partial charge >= 0.3 is 0 Å². The van der Waals surface area contributed by atoms with Crippen LogP contribution in [0.1, 0.15) is 32.6 Å². The number of likely N-dealkylation sites (tertiary alicyclic amines) is 1.